The maximum Gasteiger partial charge on any atom is 0.405 e. The van der Waals surface area contributed by atoms with Gasteiger partial charge in [0.25, 0.3) is 5.91 Å². The molecule has 0 radical (unpaired) electrons. The molecule has 1 aromatic rings. The molecule has 2 amide bonds. The summed E-state index contributed by atoms with van der Waals surface area (Å²) in [5.41, 5.74) is 7.83. The van der Waals surface area contributed by atoms with Crippen molar-refractivity contribution in [1.82, 2.24) is 4.98 Å². The minimum absolute atomic E-state index is 0.0648. The SMILES string of the molecule is CO[C@H]1/C=C\C=C(/C)C(=O)Nc2cc3nc4ccc(Br)cc4oc-3c(c2=O)C[C@@H](C)C[C@H](OC)[C@H](O)[C@@H](C)/C=C(\C)[C@@H]1OC(N)=O. The lowest BCUT2D eigenvalue weighted by Gasteiger charge is -2.29. The van der Waals surface area contributed by atoms with E-state index in [-0.39, 0.29) is 23.5 Å². The van der Waals surface area contributed by atoms with Gasteiger partial charge in [0.1, 0.15) is 17.3 Å². The lowest BCUT2D eigenvalue weighted by Crippen LogP contribution is -2.37. The van der Waals surface area contributed by atoms with Crippen LogP contribution in [0.2, 0.25) is 0 Å². The van der Waals surface area contributed by atoms with E-state index in [1.165, 1.54) is 20.3 Å². The van der Waals surface area contributed by atoms with Gasteiger partial charge < -0.3 is 34.8 Å². The van der Waals surface area contributed by atoms with E-state index in [0.29, 0.717) is 45.7 Å². The van der Waals surface area contributed by atoms with Crippen molar-refractivity contribution in [3.05, 3.63) is 80.0 Å². The molecular formula is C34H40BrN3O8. The highest BCUT2D eigenvalue weighted by atomic mass is 79.9. The number of rotatable bonds is 3. The van der Waals surface area contributed by atoms with E-state index < -0.39 is 42.3 Å². The summed E-state index contributed by atoms with van der Waals surface area (Å²) < 4.78 is 23.8. The Labute approximate surface area is 276 Å². The number of ether oxygens (including phenoxy) is 3. The van der Waals surface area contributed by atoms with Gasteiger partial charge in [0.2, 0.25) is 5.43 Å². The van der Waals surface area contributed by atoms with Crippen molar-refractivity contribution in [2.75, 3.05) is 19.5 Å². The molecule has 1 aliphatic carbocycles. The summed E-state index contributed by atoms with van der Waals surface area (Å²) in [6, 6.07) is 6.94. The zero-order valence-corrected chi connectivity index (χ0v) is 28.3. The Morgan fingerprint density at radius 2 is 1.89 bits per heavy atom. The molecule has 0 aromatic heterocycles. The van der Waals surface area contributed by atoms with Gasteiger partial charge in [-0.1, -0.05) is 54.1 Å². The normalized spacial score (nSPS) is 28.1. The van der Waals surface area contributed by atoms with Gasteiger partial charge in [-0.3, -0.25) is 9.59 Å². The van der Waals surface area contributed by atoms with Crippen molar-refractivity contribution in [3.63, 3.8) is 0 Å². The number of nitrogens with two attached hydrogens (primary N) is 1. The van der Waals surface area contributed by atoms with Crippen molar-refractivity contribution in [2.24, 2.45) is 17.6 Å². The van der Waals surface area contributed by atoms with Crippen LogP contribution in [0.4, 0.5) is 10.5 Å². The number of benzene rings is 2. The van der Waals surface area contributed by atoms with Gasteiger partial charge in [-0.05, 0) is 62.4 Å². The highest BCUT2D eigenvalue weighted by Crippen LogP contribution is 2.33. The summed E-state index contributed by atoms with van der Waals surface area (Å²) in [6.07, 6.45) is 3.03. The molecule has 0 fully saturated rings. The van der Waals surface area contributed by atoms with Gasteiger partial charge in [0.15, 0.2) is 17.4 Å². The predicted molar refractivity (Wildman–Crippen MR) is 179 cm³/mol. The molecule has 11 nitrogen and oxygen atoms in total. The Morgan fingerprint density at radius 1 is 1.15 bits per heavy atom. The van der Waals surface area contributed by atoms with Crippen LogP contribution in [-0.2, 0) is 25.4 Å². The monoisotopic (exact) mass is 697 g/mol. The molecule has 12 heteroatoms. The van der Waals surface area contributed by atoms with Crippen LogP contribution in [0.15, 0.2) is 73.4 Å². The maximum absolute atomic E-state index is 13.9. The highest BCUT2D eigenvalue weighted by Gasteiger charge is 2.30. The first-order valence-corrected chi connectivity index (χ1v) is 15.7. The number of hydrogen-bond acceptors (Lipinski definition) is 9. The number of anilines is 1. The minimum Gasteiger partial charge on any atom is -0.452 e. The molecule has 0 spiro atoms. The van der Waals surface area contributed by atoms with Crippen LogP contribution >= 0.6 is 15.9 Å². The fourth-order valence-electron chi connectivity index (χ4n) is 5.67. The van der Waals surface area contributed by atoms with E-state index in [1.807, 2.05) is 19.9 Å². The molecule has 0 saturated carbocycles. The van der Waals surface area contributed by atoms with E-state index in [2.05, 4.69) is 21.2 Å². The number of aliphatic hydroxyl groups excluding tert-OH is 1. The molecule has 246 valence electrons. The fourth-order valence-corrected chi connectivity index (χ4v) is 6.01. The van der Waals surface area contributed by atoms with E-state index in [1.54, 1.807) is 50.3 Å². The average molecular weight is 699 g/mol. The van der Waals surface area contributed by atoms with Crippen LogP contribution in [0.25, 0.3) is 22.6 Å². The molecule has 4 N–H and O–H groups in total. The second-order valence-electron chi connectivity index (χ2n) is 11.7. The molecule has 2 heterocycles. The Balaban J connectivity index is 1.86. The smallest absolute Gasteiger partial charge is 0.405 e. The number of hydrogen-bond donors (Lipinski definition) is 3. The van der Waals surface area contributed by atoms with E-state index >= 15 is 0 Å². The molecule has 46 heavy (non-hydrogen) atoms. The molecule has 1 aromatic carbocycles. The lowest BCUT2D eigenvalue weighted by atomic mass is 9.87. The largest absolute Gasteiger partial charge is 0.452 e. The summed E-state index contributed by atoms with van der Waals surface area (Å²) in [5, 5.41) is 14.1. The predicted octanol–water partition coefficient (Wildman–Crippen LogP) is 5.52. The van der Waals surface area contributed by atoms with Gasteiger partial charge in [-0.25, -0.2) is 9.78 Å². The molecular weight excluding hydrogens is 658 g/mol. The van der Waals surface area contributed by atoms with Crippen LogP contribution in [0.3, 0.4) is 0 Å². The molecule has 3 aliphatic rings. The topological polar surface area (TPSA) is 163 Å². The van der Waals surface area contributed by atoms with Crippen molar-refractivity contribution >= 4 is 44.7 Å². The minimum atomic E-state index is -0.987. The number of nitrogens with one attached hydrogen (secondary N) is 1. The Morgan fingerprint density at radius 3 is 2.57 bits per heavy atom. The Kier molecular flexibility index (Phi) is 11.5. The lowest BCUT2D eigenvalue weighted by molar-refractivity contribution is -0.112. The number of nitrogens with zero attached hydrogens (tertiary/aromatic N) is 1. The van der Waals surface area contributed by atoms with E-state index in [4.69, 9.17) is 29.3 Å². The van der Waals surface area contributed by atoms with Crippen molar-refractivity contribution in [1.29, 1.82) is 0 Å². The number of carbonyl (C=O) groups excluding carboxylic acids is 2. The van der Waals surface area contributed by atoms with Crippen LogP contribution in [0, 0.1) is 11.8 Å². The first-order chi connectivity index (χ1) is 21.8. The number of primary amides is 1. The van der Waals surface area contributed by atoms with Gasteiger partial charge in [-0.15, -0.1) is 0 Å². The number of methoxy groups -OCH3 is 2. The summed E-state index contributed by atoms with van der Waals surface area (Å²) >= 11 is 3.46. The molecule has 2 bridgehead atoms. The van der Waals surface area contributed by atoms with Crippen LogP contribution in [0.5, 0.6) is 0 Å². The summed E-state index contributed by atoms with van der Waals surface area (Å²) in [6.45, 7) is 7.14. The van der Waals surface area contributed by atoms with Crippen LogP contribution in [-0.4, -0.2) is 60.7 Å². The van der Waals surface area contributed by atoms with Gasteiger partial charge >= 0.3 is 6.09 Å². The van der Waals surface area contributed by atoms with Crippen LogP contribution < -0.4 is 16.5 Å². The fraction of sp³-hybridized carbons (Fsp3) is 0.412. The number of aliphatic hydroxyl groups is 1. The number of fused-ring (bicyclic) bond motifs is 5. The quantitative estimate of drug-likeness (QED) is 0.236. The third kappa shape index (κ3) is 8.11. The third-order valence-electron chi connectivity index (χ3n) is 8.13. The highest BCUT2D eigenvalue weighted by molar-refractivity contribution is 9.10. The molecule has 0 unspecified atom stereocenters. The zero-order valence-electron chi connectivity index (χ0n) is 26.7. The summed E-state index contributed by atoms with van der Waals surface area (Å²) in [5.74, 6) is -0.754. The molecule has 0 saturated heterocycles. The molecule has 2 aliphatic heterocycles. The van der Waals surface area contributed by atoms with Crippen molar-refractivity contribution in [2.45, 2.75) is 65.0 Å². The first-order valence-electron chi connectivity index (χ1n) is 14.9. The van der Waals surface area contributed by atoms with Gasteiger partial charge in [0.05, 0.1) is 17.9 Å². The maximum atomic E-state index is 13.9. The van der Waals surface area contributed by atoms with E-state index in [0.717, 1.165) is 4.47 Å². The van der Waals surface area contributed by atoms with Crippen molar-refractivity contribution < 1.29 is 33.3 Å². The Bertz CT molecular complexity index is 1710. The standard InChI is InChI=1S/C34H40BrN3O8/c1-17-12-22-30(40)24(16-25-32(22)45-27-15-21(35)10-11-23(27)37-25)38-33(41)18(2)8-7-9-26(43-5)31(46-34(36)42)20(4)14-19(3)29(39)28(13-17)44-6/h7-11,14-17,19,26,28-29,31,39H,12-13H2,1-6H3,(H2,36,42)(H,38,41)/b9-7-,18-8+,20-14+/t17-,19+,26+,28+,29-,31+/m1/s1. The molecule has 4 rings (SSSR count). The summed E-state index contributed by atoms with van der Waals surface area (Å²) in [4.78, 5) is 43.7. The summed E-state index contributed by atoms with van der Waals surface area (Å²) in [7, 11) is 2.97. The molecule has 6 atom stereocenters. The van der Waals surface area contributed by atoms with Gasteiger partial charge in [-0.2, -0.15) is 0 Å². The second-order valence-corrected chi connectivity index (χ2v) is 12.6. The third-order valence-corrected chi connectivity index (χ3v) is 8.63. The average Bonchev–Trinajstić information content (AvgIpc) is 3.01. The van der Waals surface area contributed by atoms with Gasteiger partial charge in [0, 0.05) is 35.7 Å². The number of carbonyl (C=O) groups is 2. The van der Waals surface area contributed by atoms with E-state index in [9.17, 15) is 19.5 Å². The van der Waals surface area contributed by atoms with Crippen molar-refractivity contribution in [3.8, 4) is 11.5 Å². The number of aromatic nitrogens is 1. The first kappa shape index (κ1) is 35.0. The Hall–Kier alpha value is -3.84. The van der Waals surface area contributed by atoms with Crippen LogP contribution in [0.1, 0.15) is 39.7 Å². The number of halogens is 1. The number of allylic oxidation sites excluding steroid dienone is 2. The zero-order chi connectivity index (χ0) is 33.7. The second kappa shape index (κ2) is 15.2. The number of amides is 2.